The van der Waals surface area contributed by atoms with Crippen LogP contribution >= 0.6 is 11.3 Å². The highest BCUT2D eigenvalue weighted by Gasteiger charge is 2.19. The van der Waals surface area contributed by atoms with E-state index in [9.17, 15) is 9.59 Å². The van der Waals surface area contributed by atoms with Gasteiger partial charge >= 0.3 is 0 Å². The smallest absolute Gasteiger partial charge is 0.262 e. The minimum absolute atomic E-state index is 0.0665. The molecule has 2 aromatic heterocycles. The number of carbonyl (C=O) groups excluding carboxylic acids is 1. The number of thiophene rings is 1. The zero-order valence-corrected chi connectivity index (χ0v) is 14.0. The summed E-state index contributed by atoms with van der Waals surface area (Å²) >= 11 is 1.26. The normalized spacial score (nSPS) is 11.0. The highest BCUT2D eigenvalue weighted by Crippen LogP contribution is 2.26. The molecule has 0 aliphatic carbocycles. The zero-order chi connectivity index (χ0) is 16.1. The van der Waals surface area contributed by atoms with Gasteiger partial charge in [-0.05, 0) is 18.9 Å². The first-order valence-electron chi connectivity index (χ1n) is 7.35. The second-order valence-corrected chi connectivity index (χ2v) is 6.08. The molecule has 0 spiro atoms. The largest absolute Gasteiger partial charge is 0.383 e. The Kier molecular flexibility index (Phi) is 5.68. The summed E-state index contributed by atoms with van der Waals surface area (Å²) in [6, 6.07) is 0. The van der Waals surface area contributed by atoms with Crippen molar-refractivity contribution >= 4 is 27.5 Å². The maximum Gasteiger partial charge on any atom is 0.262 e. The topological polar surface area (TPSA) is 73.2 Å². The van der Waals surface area contributed by atoms with Crippen LogP contribution in [0.15, 0.2) is 11.1 Å². The summed E-state index contributed by atoms with van der Waals surface area (Å²) in [4.78, 5) is 30.2. The molecule has 6 nitrogen and oxygen atoms in total. The number of hydrogen-bond acceptors (Lipinski definition) is 5. The SMILES string of the molecule is CCCCn1cnc2sc(C(=O)NCCOC)c(C)c2c1=O. The minimum atomic E-state index is -0.183. The molecule has 0 saturated heterocycles. The molecule has 0 aliphatic heterocycles. The predicted molar refractivity (Wildman–Crippen MR) is 87.7 cm³/mol. The van der Waals surface area contributed by atoms with Gasteiger partial charge in [0, 0.05) is 20.2 Å². The number of rotatable bonds is 7. The van der Waals surface area contributed by atoms with Crippen molar-refractivity contribution in [2.45, 2.75) is 33.2 Å². The molecule has 2 rings (SSSR count). The monoisotopic (exact) mass is 323 g/mol. The molecule has 0 bridgehead atoms. The summed E-state index contributed by atoms with van der Waals surface area (Å²) < 4.78 is 6.54. The van der Waals surface area contributed by atoms with E-state index < -0.39 is 0 Å². The molecule has 120 valence electrons. The van der Waals surface area contributed by atoms with Crippen LogP contribution in [0.3, 0.4) is 0 Å². The summed E-state index contributed by atoms with van der Waals surface area (Å²) in [6.45, 7) is 5.43. The number of carbonyl (C=O) groups is 1. The van der Waals surface area contributed by atoms with Gasteiger partial charge in [0.1, 0.15) is 4.83 Å². The van der Waals surface area contributed by atoms with Crippen LogP contribution < -0.4 is 10.9 Å². The van der Waals surface area contributed by atoms with Crippen LogP contribution in [-0.2, 0) is 11.3 Å². The first-order chi connectivity index (χ1) is 10.6. The molecule has 0 aromatic carbocycles. The second-order valence-electron chi connectivity index (χ2n) is 5.08. The lowest BCUT2D eigenvalue weighted by atomic mass is 10.2. The average molecular weight is 323 g/mol. The first-order valence-corrected chi connectivity index (χ1v) is 8.17. The summed E-state index contributed by atoms with van der Waals surface area (Å²) in [5.41, 5.74) is 0.640. The van der Waals surface area contributed by atoms with Crippen LogP contribution in [0.1, 0.15) is 35.0 Å². The third kappa shape index (κ3) is 3.36. The summed E-state index contributed by atoms with van der Waals surface area (Å²) in [5.74, 6) is -0.183. The van der Waals surface area contributed by atoms with Crippen molar-refractivity contribution in [1.29, 1.82) is 0 Å². The van der Waals surface area contributed by atoms with Gasteiger partial charge in [0.25, 0.3) is 11.5 Å². The van der Waals surface area contributed by atoms with Crippen molar-refractivity contribution < 1.29 is 9.53 Å². The van der Waals surface area contributed by atoms with E-state index in [2.05, 4.69) is 17.2 Å². The van der Waals surface area contributed by atoms with Crippen molar-refractivity contribution in [1.82, 2.24) is 14.9 Å². The van der Waals surface area contributed by atoms with E-state index in [1.807, 2.05) is 0 Å². The van der Waals surface area contributed by atoms with E-state index in [-0.39, 0.29) is 11.5 Å². The Morgan fingerprint density at radius 1 is 1.50 bits per heavy atom. The van der Waals surface area contributed by atoms with E-state index in [1.54, 1.807) is 24.9 Å². The van der Waals surface area contributed by atoms with Crippen LogP contribution in [-0.4, -0.2) is 35.7 Å². The number of hydrogen-bond donors (Lipinski definition) is 1. The van der Waals surface area contributed by atoms with Gasteiger partial charge in [0.05, 0.1) is 23.2 Å². The lowest BCUT2D eigenvalue weighted by Crippen LogP contribution is -2.26. The quantitative estimate of drug-likeness (QED) is 0.790. The number of aromatic nitrogens is 2. The van der Waals surface area contributed by atoms with Crippen molar-refractivity contribution in [3.63, 3.8) is 0 Å². The Balaban J connectivity index is 2.35. The number of methoxy groups -OCH3 is 1. The van der Waals surface area contributed by atoms with Gasteiger partial charge in [0.15, 0.2) is 0 Å². The number of nitrogens with zero attached hydrogens (tertiary/aromatic N) is 2. The number of unbranched alkanes of at least 4 members (excludes halogenated alkanes) is 1. The van der Waals surface area contributed by atoms with Gasteiger partial charge in [0.2, 0.25) is 0 Å². The molecule has 2 aromatic rings. The van der Waals surface area contributed by atoms with Crippen LogP contribution in [0, 0.1) is 6.92 Å². The molecular weight excluding hydrogens is 302 g/mol. The second kappa shape index (κ2) is 7.51. The maximum absolute atomic E-state index is 12.5. The molecule has 7 heteroatoms. The highest BCUT2D eigenvalue weighted by molar-refractivity contribution is 7.20. The molecule has 1 amide bonds. The third-order valence-corrected chi connectivity index (χ3v) is 4.67. The van der Waals surface area contributed by atoms with Crippen LogP contribution in [0.25, 0.3) is 10.2 Å². The highest BCUT2D eigenvalue weighted by atomic mass is 32.1. The number of ether oxygens (including phenoxy) is 1. The van der Waals surface area contributed by atoms with Gasteiger partial charge in [-0.2, -0.15) is 0 Å². The predicted octanol–water partition coefficient (Wildman–Crippen LogP) is 1.94. The number of nitrogens with one attached hydrogen (secondary N) is 1. The summed E-state index contributed by atoms with van der Waals surface area (Å²) in [6.07, 6.45) is 3.52. The zero-order valence-electron chi connectivity index (χ0n) is 13.1. The Hall–Kier alpha value is -1.73. The van der Waals surface area contributed by atoms with E-state index in [1.165, 1.54) is 11.3 Å². The molecule has 0 radical (unpaired) electrons. The van der Waals surface area contributed by atoms with E-state index in [4.69, 9.17) is 4.74 Å². The molecule has 1 N–H and O–H groups in total. The molecule has 0 aliphatic rings. The number of aryl methyl sites for hydroxylation is 2. The third-order valence-electron chi connectivity index (χ3n) is 3.47. The molecule has 0 saturated carbocycles. The van der Waals surface area contributed by atoms with Gasteiger partial charge in [-0.15, -0.1) is 11.3 Å². The van der Waals surface area contributed by atoms with Gasteiger partial charge in [-0.1, -0.05) is 13.3 Å². The van der Waals surface area contributed by atoms with E-state index in [0.29, 0.717) is 40.4 Å². The van der Waals surface area contributed by atoms with Crippen molar-refractivity contribution in [2.75, 3.05) is 20.3 Å². The summed E-state index contributed by atoms with van der Waals surface area (Å²) in [7, 11) is 1.58. The average Bonchev–Trinajstić information content (AvgIpc) is 2.84. The Morgan fingerprint density at radius 2 is 2.27 bits per heavy atom. The molecule has 0 atom stereocenters. The Morgan fingerprint density at radius 3 is 2.95 bits per heavy atom. The fraction of sp³-hybridized carbons (Fsp3) is 0.533. The van der Waals surface area contributed by atoms with E-state index in [0.717, 1.165) is 12.8 Å². The lowest BCUT2D eigenvalue weighted by Gasteiger charge is -2.04. The molecule has 2 heterocycles. The van der Waals surface area contributed by atoms with E-state index >= 15 is 0 Å². The van der Waals surface area contributed by atoms with Crippen molar-refractivity contribution in [2.24, 2.45) is 0 Å². The van der Waals surface area contributed by atoms with Crippen LogP contribution in [0.4, 0.5) is 0 Å². The van der Waals surface area contributed by atoms with Crippen molar-refractivity contribution in [3.8, 4) is 0 Å². The lowest BCUT2D eigenvalue weighted by molar-refractivity contribution is 0.0940. The maximum atomic E-state index is 12.5. The van der Waals surface area contributed by atoms with Crippen LogP contribution in [0.5, 0.6) is 0 Å². The molecule has 22 heavy (non-hydrogen) atoms. The molecule has 0 fully saturated rings. The van der Waals surface area contributed by atoms with Gasteiger partial charge < -0.3 is 10.1 Å². The fourth-order valence-corrected chi connectivity index (χ4v) is 3.27. The number of amides is 1. The summed E-state index contributed by atoms with van der Waals surface area (Å²) in [5, 5.41) is 3.34. The molecule has 0 unspecified atom stereocenters. The van der Waals surface area contributed by atoms with Gasteiger partial charge in [-0.25, -0.2) is 4.98 Å². The molecular formula is C15H21N3O3S. The van der Waals surface area contributed by atoms with Crippen molar-refractivity contribution in [3.05, 3.63) is 27.1 Å². The fourth-order valence-electron chi connectivity index (χ4n) is 2.21. The Bertz CT molecular complexity index is 721. The standard InChI is InChI=1S/C15H21N3O3S/c1-4-5-7-18-9-17-14-11(15(18)20)10(2)12(22-14)13(19)16-6-8-21-3/h9H,4-8H2,1-3H3,(H,16,19). The Labute approximate surface area is 133 Å². The number of fused-ring (bicyclic) bond motifs is 1. The first kappa shape index (κ1) is 16.6. The van der Waals surface area contributed by atoms with Gasteiger partial charge in [-0.3, -0.25) is 14.2 Å². The van der Waals surface area contributed by atoms with Crippen LogP contribution in [0.2, 0.25) is 0 Å². The minimum Gasteiger partial charge on any atom is -0.383 e.